The van der Waals surface area contributed by atoms with E-state index in [4.69, 9.17) is 5.73 Å². The average Bonchev–Trinajstić information content (AvgIpc) is 2.86. The monoisotopic (exact) mass is 351 g/mol. The Balaban J connectivity index is 1.55. The van der Waals surface area contributed by atoms with E-state index in [1.165, 1.54) is 23.3 Å². The summed E-state index contributed by atoms with van der Waals surface area (Å²) in [5, 5.41) is 0.671. The molecule has 106 valence electrons. The topological polar surface area (TPSA) is 42.1 Å². The number of nitrogens with two attached hydrogens (primary N) is 1. The molecule has 0 atom stereocenters. The van der Waals surface area contributed by atoms with Crippen LogP contribution < -0.4 is 5.73 Å². The number of halogens is 1. The molecule has 0 spiro atoms. The van der Waals surface area contributed by atoms with Gasteiger partial charge in [-0.3, -0.25) is 4.90 Å². The largest absolute Gasteiger partial charge is 0.375 e. The highest BCUT2D eigenvalue weighted by atomic mass is 79.9. The van der Waals surface area contributed by atoms with E-state index in [-0.39, 0.29) is 0 Å². The first kappa shape index (κ1) is 14.0. The van der Waals surface area contributed by atoms with Gasteiger partial charge in [0.15, 0.2) is 5.13 Å². The van der Waals surface area contributed by atoms with E-state index in [0.717, 1.165) is 24.1 Å². The molecule has 1 saturated heterocycles. The molecule has 1 aliphatic rings. The number of benzene rings is 1. The Morgan fingerprint density at radius 1 is 1.25 bits per heavy atom. The third kappa shape index (κ3) is 3.40. The average molecular weight is 352 g/mol. The first-order chi connectivity index (χ1) is 9.70. The summed E-state index contributed by atoms with van der Waals surface area (Å²) in [5.41, 5.74) is 7.15. The Hall–Kier alpha value is -0.910. The van der Waals surface area contributed by atoms with Gasteiger partial charge >= 0.3 is 0 Å². The van der Waals surface area contributed by atoms with Crippen molar-refractivity contribution in [2.24, 2.45) is 0 Å². The van der Waals surface area contributed by atoms with Crippen LogP contribution in [0.1, 0.15) is 29.2 Å². The summed E-state index contributed by atoms with van der Waals surface area (Å²) in [4.78, 5) is 7.89. The predicted octanol–water partition coefficient (Wildman–Crippen LogP) is 3.87. The molecule has 5 heteroatoms. The Labute approximate surface area is 131 Å². The van der Waals surface area contributed by atoms with Crippen LogP contribution in [-0.4, -0.2) is 23.0 Å². The summed E-state index contributed by atoms with van der Waals surface area (Å²) in [5.74, 6) is 0.700. The van der Waals surface area contributed by atoms with Crippen molar-refractivity contribution < 1.29 is 0 Å². The van der Waals surface area contributed by atoms with Gasteiger partial charge in [-0.15, -0.1) is 11.3 Å². The van der Waals surface area contributed by atoms with Gasteiger partial charge in [-0.1, -0.05) is 28.1 Å². The fourth-order valence-electron chi connectivity index (χ4n) is 2.78. The fraction of sp³-hybridized carbons (Fsp3) is 0.400. The molecule has 0 unspecified atom stereocenters. The van der Waals surface area contributed by atoms with Crippen molar-refractivity contribution in [2.45, 2.75) is 25.3 Å². The maximum Gasteiger partial charge on any atom is 0.180 e. The van der Waals surface area contributed by atoms with Gasteiger partial charge in [0.1, 0.15) is 0 Å². The summed E-state index contributed by atoms with van der Waals surface area (Å²) in [6, 6.07) is 8.77. The smallest absolute Gasteiger partial charge is 0.180 e. The Bertz CT molecular complexity index is 559. The number of rotatable bonds is 3. The maximum atomic E-state index is 5.68. The molecule has 0 amide bonds. The van der Waals surface area contributed by atoms with Crippen LogP contribution in [0, 0.1) is 0 Å². The number of anilines is 1. The summed E-state index contributed by atoms with van der Waals surface area (Å²) in [6.45, 7) is 3.29. The zero-order valence-corrected chi connectivity index (χ0v) is 13.7. The molecular formula is C15H18BrN3S. The van der Waals surface area contributed by atoms with Crippen LogP contribution in [-0.2, 0) is 6.54 Å². The van der Waals surface area contributed by atoms with Crippen molar-refractivity contribution in [3.8, 4) is 0 Å². The molecule has 3 rings (SSSR count). The van der Waals surface area contributed by atoms with Crippen molar-refractivity contribution in [2.75, 3.05) is 18.8 Å². The van der Waals surface area contributed by atoms with E-state index >= 15 is 0 Å². The number of hydrogen-bond donors (Lipinski definition) is 1. The van der Waals surface area contributed by atoms with Gasteiger partial charge < -0.3 is 5.73 Å². The van der Waals surface area contributed by atoms with Crippen LogP contribution in [0.25, 0.3) is 0 Å². The normalized spacial score (nSPS) is 17.4. The molecule has 0 saturated carbocycles. The summed E-state index contributed by atoms with van der Waals surface area (Å²) in [6.07, 6.45) is 4.37. The second-order valence-electron chi connectivity index (χ2n) is 5.27. The minimum Gasteiger partial charge on any atom is -0.375 e. The Morgan fingerprint density at radius 3 is 2.55 bits per heavy atom. The van der Waals surface area contributed by atoms with Gasteiger partial charge in [-0.25, -0.2) is 4.98 Å². The van der Waals surface area contributed by atoms with Crippen molar-refractivity contribution in [3.63, 3.8) is 0 Å². The highest BCUT2D eigenvalue weighted by molar-refractivity contribution is 9.10. The molecule has 20 heavy (non-hydrogen) atoms. The Kier molecular flexibility index (Phi) is 4.38. The number of aromatic nitrogens is 1. The van der Waals surface area contributed by atoms with Crippen LogP contribution >= 0.6 is 27.3 Å². The van der Waals surface area contributed by atoms with Gasteiger partial charge in [0.25, 0.3) is 0 Å². The predicted molar refractivity (Wildman–Crippen MR) is 87.9 cm³/mol. The number of hydrogen-bond acceptors (Lipinski definition) is 4. The standard InChI is InChI=1S/C15H18BrN3S/c16-13-3-1-11(2-4-13)12-5-7-19(8-6-12)10-14-9-18-15(17)20-14/h1-4,9,12H,5-8,10H2,(H2,17,18). The van der Waals surface area contributed by atoms with Gasteiger partial charge in [0.2, 0.25) is 0 Å². The molecule has 3 nitrogen and oxygen atoms in total. The second-order valence-corrected chi connectivity index (χ2v) is 7.33. The lowest BCUT2D eigenvalue weighted by Crippen LogP contribution is -2.32. The lowest BCUT2D eigenvalue weighted by Gasteiger charge is -2.31. The third-order valence-electron chi connectivity index (χ3n) is 3.88. The van der Waals surface area contributed by atoms with Crippen LogP contribution in [0.4, 0.5) is 5.13 Å². The van der Waals surface area contributed by atoms with Crippen LogP contribution in [0.5, 0.6) is 0 Å². The van der Waals surface area contributed by atoms with Crippen LogP contribution in [0.15, 0.2) is 34.9 Å². The summed E-state index contributed by atoms with van der Waals surface area (Å²) >= 11 is 5.09. The van der Waals surface area contributed by atoms with Gasteiger partial charge in [-0.05, 0) is 49.5 Å². The molecule has 1 aromatic heterocycles. The fourth-order valence-corrected chi connectivity index (χ4v) is 3.77. The number of piperidine rings is 1. The quantitative estimate of drug-likeness (QED) is 0.912. The van der Waals surface area contributed by atoms with Gasteiger partial charge in [-0.2, -0.15) is 0 Å². The van der Waals surface area contributed by atoms with E-state index in [2.05, 4.69) is 50.1 Å². The molecule has 2 aromatic rings. The molecular weight excluding hydrogens is 334 g/mol. The van der Waals surface area contributed by atoms with Gasteiger partial charge in [0, 0.05) is 22.1 Å². The van der Waals surface area contributed by atoms with Crippen LogP contribution in [0.3, 0.4) is 0 Å². The molecule has 0 bridgehead atoms. The SMILES string of the molecule is Nc1ncc(CN2CCC(c3ccc(Br)cc3)CC2)s1. The van der Waals surface area contributed by atoms with Crippen molar-refractivity contribution in [3.05, 3.63) is 45.4 Å². The molecule has 1 aliphatic heterocycles. The number of thiazole rings is 1. The van der Waals surface area contributed by atoms with E-state index in [1.54, 1.807) is 11.3 Å². The zero-order valence-electron chi connectivity index (χ0n) is 11.3. The lowest BCUT2D eigenvalue weighted by atomic mass is 9.89. The minimum absolute atomic E-state index is 0.671. The highest BCUT2D eigenvalue weighted by Gasteiger charge is 2.20. The maximum absolute atomic E-state index is 5.68. The number of nitrogen functional groups attached to an aromatic ring is 1. The molecule has 0 aliphatic carbocycles. The second kappa shape index (κ2) is 6.24. The van der Waals surface area contributed by atoms with Gasteiger partial charge in [0.05, 0.1) is 0 Å². The Morgan fingerprint density at radius 2 is 1.95 bits per heavy atom. The summed E-state index contributed by atoms with van der Waals surface area (Å²) < 4.78 is 1.15. The highest BCUT2D eigenvalue weighted by Crippen LogP contribution is 2.30. The first-order valence-electron chi connectivity index (χ1n) is 6.89. The van der Waals surface area contributed by atoms with E-state index in [0.29, 0.717) is 11.0 Å². The van der Waals surface area contributed by atoms with E-state index < -0.39 is 0 Å². The molecule has 1 aromatic carbocycles. The molecule has 2 heterocycles. The first-order valence-corrected chi connectivity index (χ1v) is 8.49. The molecule has 1 fully saturated rings. The van der Waals surface area contributed by atoms with Crippen LogP contribution in [0.2, 0.25) is 0 Å². The minimum atomic E-state index is 0.671. The van der Waals surface area contributed by atoms with E-state index in [1.807, 2.05) is 6.20 Å². The number of likely N-dealkylation sites (tertiary alicyclic amines) is 1. The van der Waals surface area contributed by atoms with Crippen molar-refractivity contribution >= 4 is 32.4 Å². The molecule has 0 radical (unpaired) electrons. The third-order valence-corrected chi connectivity index (χ3v) is 5.22. The zero-order chi connectivity index (χ0) is 13.9. The van der Waals surface area contributed by atoms with Crippen molar-refractivity contribution in [1.29, 1.82) is 0 Å². The summed E-state index contributed by atoms with van der Waals surface area (Å²) in [7, 11) is 0. The van der Waals surface area contributed by atoms with E-state index in [9.17, 15) is 0 Å². The van der Waals surface area contributed by atoms with Crippen molar-refractivity contribution in [1.82, 2.24) is 9.88 Å². The molecule has 2 N–H and O–H groups in total. The number of nitrogens with zero attached hydrogens (tertiary/aromatic N) is 2. The lowest BCUT2D eigenvalue weighted by molar-refractivity contribution is 0.206.